The van der Waals surface area contributed by atoms with Crippen LogP contribution in [0.3, 0.4) is 0 Å². The fourth-order valence-electron chi connectivity index (χ4n) is 3.22. The molecule has 6 nitrogen and oxygen atoms in total. The van der Waals surface area contributed by atoms with Gasteiger partial charge in [-0.3, -0.25) is 10.2 Å². The molecule has 0 saturated carbocycles. The number of hydrogen-bond acceptors (Lipinski definition) is 3. The molecule has 0 spiro atoms. The number of nitrogens with one attached hydrogen (secondary N) is 1. The highest BCUT2D eigenvalue weighted by atomic mass is 35.5. The van der Waals surface area contributed by atoms with Gasteiger partial charge in [-0.15, -0.1) is 12.4 Å². The van der Waals surface area contributed by atoms with E-state index in [0.717, 1.165) is 49.2 Å². The molecule has 0 amide bonds. The first kappa shape index (κ1) is 22.7. The van der Waals surface area contributed by atoms with Gasteiger partial charge in [-0.25, -0.2) is 5.01 Å². The first-order valence-electron chi connectivity index (χ1n) is 9.32. The fourth-order valence-corrected chi connectivity index (χ4v) is 3.43. The van der Waals surface area contributed by atoms with Crippen LogP contribution >= 0.6 is 24.0 Å². The summed E-state index contributed by atoms with van der Waals surface area (Å²) in [7, 11) is 0. The number of aldehydes is 1. The molecule has 0 aliphatic carbocycles. The molecule has 3 N–H and O–H groups in total. The van der Waals surface area contributed by atoms with E-state index in [-0.39, 0.29) is 18.4 Å². The topological polar surface area (TPSA) is 85.8 Å². The zero-order valence-electron chi connectivity index (χ0n) is 16.1. The lowest BCUT2D eigenvalue weighted by molar-refractivity contribution is 0.112. The van der Waals surface area contributed by atoms with Crippen molar-refractivity contribution in [3.8, 4) is 0 Å². The quantitative estimate of drug-likeness (QED) is 0.321. The highest BCUT2D eigenvalue weighted by Crippen LogP contribution is 2.17. The summed E-state index contributed by atoms with van der Waals surface area (Å²) in [4.78, 5) is 13.2. The molecule has 1 heterocycles. The highest BCUT2D eigenvalue weighted by molar-refractivity contribution is 6.30. The van der Waals surface area contributed by atoms with Crippen molar-refractivity contribution >= 4 is 42.1 Å². The van der Waals surface area contributed by atoms with Gasteiger partial charge in [0.25, 0.3) is 0 Å². The van der Waals surface area contributed by atoms with Gasteiger partial charge in [0.15, 0.2) is 5.84 Å². The minimum atomic E-state index is -0.140. The third-order valence-corrected chi connectivity index (χ3v) is 4.91. The maximum atomic E-state index is 11.0. The van der Waals surface area contributed by atoms with Gasteiger partial charge in [-0.05, 0) is 37.0 Å². The van der Waals surface area contributed by atoms with E-state index in [4.69, 9.17) is 27.8 Å². The lowest BCUT2D eigenvalue weighted by Gasteiger charge is -2.31. The lowest BCUT2D eigenvalue weighted by atomic mass is 10.1. The number of hydrogen-bond donors (Lipinski definition) is 2. The molecule has 29 heavy (non-hydrogen) atoms. The largest absolute Gasteiger partial charge is 0.369 e. The first-order valence-corrected chi connectivity index (χ1v) is 9.70. The summed E-state index contributed by atoms with van der Waals surface area (Å²) in [6, 6.07) is 14.8. The van der Waals surface area contributed by atoms with Gasteiger partial charge >= 0.3 is 0 Å². The molecule has 2 aromatic rings. The standard InChI is InChI=1S/C21H24ClN5O.ClH/c22-19-6-4-5-17(13-19)14-27(21(23)24)25-20(26-11-2-1-3-12-26)18-9-7-16(15-28)8-10-18;/h4-10,13,15H,1-3,11-12,14H2,(H3,23,24);1H. The van der Waals surface area contributed by atoms with Crippen molar-refractivity contribution in [1.29, 1.82) is 5.41 Å². The van der Waals surface area contributed by atoms with Gasteiger partial charge in [-0.1, -0.05) is 48.0 Å². The van der Waals surface area contributed by atoms with Gasteiger partial charge in [0.05, 0.1) is 6.54 Å². The Morgan fingerprint density at radius 1 is 1.17 bits per heavy atom. The second-order valence-electron chi connectivity index (χ2n) is 6.78. The molecule has 1 aliphatic heterocycles. The summed E-state index contributed by atoms with van der Waals surface area (Å²) < 4.78 is 0. The maximum absolute atomic E-state index is 11.0. The maximum Gasteiger partial charge on any atom is 0.209 e. The van der Waals surface area contributed by atoms with E-state index in [1.165, 1.54) is 11.4 Å². The average Bonchev–Trinajstić information content (AvgIpc) is 2.72. The van der Waals surface area contributed by atoms with E-state index in [9.17, 15) is 4.79 Å². The number of benzene rings is 2. The molecular formula is C21H25Cl2N5O. The van der Waals surface area contributed by atoms with E-state index in [2.05, 4.69) is 4.90 Å². The van der Waals surface area contributed by atoms with Gasteiger partial charge < -0.3 is 10.6 Å². The molecule has 0 atom stereocenters. The van der Waals surface area contributed by atoms with Crippen LogP contribution in [0.25, 0.3) is 0 Å². The van der Waals surface area contributed by atoms with Crippen LogP contribution in [0, 0.1) is 5.41 Å². The summed E-state index contributed by atoms with van der Waals surface area (Å²) >= 11 is 6.08. The van der Waals surface area contributed by atoms with Crippen molar-refractivity contribution < 1.29 is 4.79 Å². The molecule has 0 aromatic heterocycles. The minimum absolute atomic E-state index is 0. The second kappa shape index (κ2) is 10.8. The van der Waals surface area contributed by atoms with E-state index in [0.29, 0.717) is 17.1 Å². The van der Waals surface area contributed by atoms with Crippen LogP contribution in [-0.4, -0.2) is 41.1 Å². The molecule has 0 radical (unpaired) electrons. The van der Waals surface area contributed by atoms with Crippen LogP contribution in [-0.2, 0) is 6.54 Å². The van der Waals surface area contributed by atoms with Crippen LogP contribution in [0.15, 0.2) is 53.6 Å². The molecule has 1 aliphatic rings. The van der Waals surface area contributed by atoms with Crippen LogP contribution in [0.2, 0.25) is 5.02 Å². The van der Waals surface area contributed by atoms with Crippen LogP contribution < -0.4 is 5.73 Å². The molecule has 1 saturated heterocycles. The number of guanidine groups is 1. The van der Waals surface area contributed by atoms with Gasteiger partial charge in [-0.2, -0.15) is 5.10 Å². The average molecular weight is 434 g/mol. The van der Waals surface area contributed by atoms with Crippen LogP contribution in [0.1, 0.15) is 40.7 Å². The summed E-state index contributed by atoms with van der Waals surface area (Å²) in [6.45, 7) is 2.15. The zero-order chi connectivity index (χ0) is 19.9. The molecule has 1 fully saturated rings. The van der Waals surface area contributed by atoms with Crippen LogP contribution in [0.4, 0.5) is 0 Å². The SMILES string of the molecule is Cl.N=C(N)N(Cc1cccc(Cl)c1)N=C(c1ccc(C=O)cc1)N1CCCCC1. The molecular weight excluding hydrogens is 409 g/mol. The smallest absolute Gasteiger partial charge is 0.209 e. The van der Waals surface area contributed by atoms with Crippen molar-refractivity contribution in [1.82, 2.24) is 9.91 Å². The summed E-state index contributed by atoms with van der Waals surface area (Å²) in [5, 5.41) is 14.8. The monoisotopic (exact) mass is 433 g/mol. The number of carbonyl (C=O) groups excluding carboxylic acids is 1. The van der Waals surface area contributed by atoms with E-state index in [1.807, 2.05) is 30.3 Å². The Bertz CT molecular complexity index is 864. The van der Waals surface area contributed by atoms with Crippen molar-refractivity contribution in [2.24, 2.45) is 10.8 Å². The van der Waals surface area contributed by atoms with Gasteiger partial charge in [0.1, 0.15) is 6.29 Å². The Hall–Kier alpha value is -2.57. The summed E-state index contributed by atoms with van der Waals surface area (Å²) in [6.07, 6.45) is 4.22. The lowest BCUT2D eigenvalue weighted by Crippen LogP contribution is -2.40. The predicted molar refractivity (Wildman–Crippen MR) is 120 cm³/mol. The second-order valence-corrected chi connectivity index (χ2v) is 7.22. The van der Waals surface area contributed by atoms with E-state index >= 15 is 0 Å². The molecule has 154 valence electrons. The molecule has 8 heteroatoms. The fraction of sp³-hybridized carbons (Fsp3) is 0.286. The number of carbonyl (C=O) groups is 1. The number of likely N-dealkylation sites (tertiary alicyclic amines) is 1. The number of piperidine rings is 1. The van der Waals surface area contributed by atoms with E-state index < -0.39 is 0 Å². The Morgan fingerprint density at radius 2 is 1.86 bits per heavy atom. The first-order chi connectivity index (χ1) is 13.6. The minimum Gasteiger partial charge on any atom is -0.369 e. The third-order valence-electron chi connectivity index (χ3n) is 4.68. The summed E-state index contributed by atoms with van der Waals surface area (Å²) in [5.41, 5.74) is 8.25. The van der Waals surface area contributed by atoms with Gasteiger partial charge in [0, 0.05) is 29.2 Å². The Labute approximate surface area is 182 Å². The number of hydrazone groups is 1. The molecule has 3 rings (SSSR count). The Kier molecular flexibility index (Phi) is 8.49. The molecule has 0 unspecified atom stereocenters. The van der Waals surface area contributed by atoms with E-state index in [1.54, 1.807) is 18.2 Å². The Morgan fingerprint density at radius 3 is 2.45 bits per heavy atom. The Balaban J connectivity index is 0.00000300. The van der Waals surface area contributed by atoms with Crippen molar-refractivity contribution in [3.05, 3.63) is 70.2 Å². The van der Waals surface area contributed by atoms with Crippen molar-refractivity contribution in [2.75, 3.05) is 13.1 Å². The number of rotatable bonds is 5. The van der Waals surface area contributed by atoms with Crippen molar-refractivity contribution in [3.63, 3.8) is 0 Å². The van der Waals surface area contributed by atoms with Crippen LogP contribution in [0.5, 0.6) is 0 Å². The predicted octanol–water partition coefficient (Wildman–Crippen LogP) is 4.12. The number of nitrogens with two attached hydrogens (primary N) is 1. The number of nitrogens with zero attached hydrogens (tertiary/aromatic N) is 3. The molecule has 0 bridgehead atoms. The zero-order valence-corrected chi connectivity index (χ0v) is 17.6. The van der Waals surface area contributed by atoms with Crippen molar-refractivity contribution in [2.45, 2.75) is 25.8 Å². The van der Waals surface area contributed by atoms with Gasteiger partial charge in [0.2, 0.25) is 5.96 Å². The normalized spacial score (nSPS) is 14.1. The summed E-state index contributed by atoms with van der Waals surface area (Å²) in [5.74, 6) is 0.619. The number of halogens is 2. The molecule has 2 aromatic carbocycles. The number of amidine groups is 1. The third kappa shape index (κ3) is 6.21. The highest BCUT2D eigenvalue weighted by Gasteiger charge is 2.19.